The number of benzene rings is 1. The zero-order valence-corrected chi connectivity index (χ0v) is 12.6. The molecule has 0 unspecified atom stereocenters. The highest BCUT2D eigenvalue weighted by atomic mass is 16.3. The van der Waals surface area contributed by atoms with Gasteiger partial charge in [0.1, 0.15) is 24.0 Å². The molecule has 0 saturated heterocycles. The van der Waals surface area contributed by atoms with Crippen molar-refractivity contribution in [3.8, 4) is 0 Å². The van der Waals surface area contributed by atoms with Gasteiger partial charge in [-0.3, -0.25) is 9.48 Å². The van der Waals surface area contributed by atoms with E-state index in [0.29, 0.717) is 13.0 Å². The Morgan fingerprint density at radius 1 is 1.41 bits per heavy atom. The van der Waals surface area contributed by atoms with Crippen molar-refractivity contribution in [1.29, 1.82) is 0 Å². The highest BCUT2D eigenvalue weighted by Gasteiger charge is 2.20. The van der Waals surface area contributed by atoms with E-state index in [2.05, 4.69) is 10.1 Å². The van der Waals surface area contributed by atoms with E-state index in [1.165, 1.54) is 6.33 Å². The highest BCUT2D eigenvalue weighted by Crippen LogP contribution is 2.26. The minimum absolute atomic E-state index is 0.0449. The first-order valence-electron chi connectivity index (χ1n) is 7.21. The lowest BCUT2D eigenvalue weighted by Crippen LogP contribution is -2.30. The number of rotatable bonds is 5. The summed E-state index contributed by atoms with van der Waals surface area (Å²) in [7, 11) is 1.79. The molecule has 0 aliphatic rings. The van der Waals surface area contributed by atoms with E-state index in [9.17, 15) is 4.79 Å². The van der Waals surface area contributed by atoms with Crippen molar-refractivity contribution in [2.45, 2.75) is 25.9 Å². The van der Waals surface area contributed by atoms with Gasteiger partial charge in [0.2, 0.25) is 5.91 Å². The number of amides is 1. The summed E-state index contributed by atoms with van der Waals surface area (Å²) in [5.74, 6) is 0.835. The molecule has 0 N–H and O–H groups in total. The van der Waals surface area contributed by atoms with E-state index >= 15 is 0 Å². The zero-order valence-electron chi connectivity index (χ0n) is 12.6. The fourth-order valence-electron chi connectivity index (χ4n) is 2.35. The summed E-state index contributed by atoms with van der Waals surface area (Å²) in [5, 5.41) is 5.04. The van der Waals surface area contributed by atoms with Crippen LogP contribution >= 0.6 is 0 Å². The summed E-state index contributed by atoms with van der Waals surface area (Å²) in [4.78, 5) is 17.9. The largest absolute Gasteiger partial charge is 0.459 e. The number of aromatic nitrogens is 3. The van der Waals surface area contributed by atoms with Crippen molar-refractivity contribution in [3.63, 3.8) is 0 Å². The first kappa shape index (κ1) is 14.3. The van der Waals surface area contributed by atoms with Crippen LogP contribution in [0.25, 0.3) is 11.0 Å². The van der Waals surface area contributed by atoms with E-state index in [1.807, 2.05) is 37.3 Å². The predicted octanol–water partition coefficient (Wildman–Crippen LogP) is 2.63. The molecule has 114 valence electrons. The second-order valence-corrected chi connectivity index (χ2v) is 5.28. The standard InChI is InChI=1S/C16H18N4O2/c1-12(15-9-13-5-3-4-6-14(13)22-15)19(2)16(21)7-8-20-11-17-10-18-20/h3-6,9-12H,7-8H2,1-2H3/t12-/m1/s1. The van der Waals surface area contributed by atoms with Crippen LogP contribution < -0.4 is 0 Å². The second-order valence-electron chi connectivity index (χ2n) is 5.28. The first-order chi connectivity index (χ1) is 10.6. The molecule has 22 heavy (non-hydrogen) atoms. The molecule has 3 rings (SSSR count). The maximum atomic E-state index is 12.3. The fraction of sp³-hybridized carbons (Fsp3) is 0.312. The number of aryl methyl sites for hydroxylation is 1. The molecular weight excluding hydrogens is 280 g/mol. The van der Waals surface area contributed by atoms with E-state index in [-0.39, 0.29) is 11.9 Å². The number of fused-ring (bicyclic) bond motifs is 1. The lowest BCUT2D eigenvalue weighted by Gasteiger charge is -2.23. The fourth-order valence-corrected chi connectivity index (χ4v) is 2.35. The minimum Gasteiger partial charge on any atom is -0.459 e. The third-order valence-electron chi connectivity index (χ3n) is 3.85. The van der Waals surface area contributed by atoms with Crippen LogP contribution in [0, 0.1) is 0 Å². The quantitative estimate of drug-likeness (QED) is 0.726. The zero-order chi connectivity index (χ0) is 15.5. The van der Waals surface area contributed by atoms with Crippen molar-refractivity contribution >= 4 is 16.9 Å². The van der Waals surface area contributed by atoms with Crippen molar-refractivity contribution in [2.24, 2.45) is 0 Å². The van der Waals surface area contributed by atoms with Crippen molar-refractivity contribution in [1.82, 2.24) is 19.7 Å². The molecule has 0 saturated carbocycles. The van der Waals surface area contributed by atoms with Gasteiger partial charge in [-0.2, -0.15) is 5.10 Å². The highest BCUT2D eigenvalue weighted by molar-refractivity contribution is 5.79. The summed E-state index contributed by atoms with van der Waals surface area (Å²) in [6.07, 6.45) is 3.45. The molecule has 0 aliphatic carbocycles. The molecule has 0 radical (unpaired) electrons. The average Bonchev–Trinajstić information content (AvgIpc) is 3.19. The Hall–Kier alpha value is -2.63. The van der Waals surface area contributed by atoms with Gasteiger partial charge in [-0.05, 0) is 19.1 Å². The third-order valence-corrected chi connectivity index (χ3v) is 3.85. The van der Waals surface area contributed by atoms with Crippen molar-refractivity contribution < 1.29 is 9.21 Å². The SMILES string of the molecule is C[C@H](c1cc2ccccc2o1)N(C)C(=O)CCn1cncn1. The summed E-state index contributed by atoms with van der Waals surface area (Å²) >= 11 is 0. The van der Waals surface area contributed by atoms with E-state index in [0.717, 1.165) is 16.7 Å². The number of carbonyl (C=O) groups is 1. The Bertz CT molecular complexity index is 730. The summed E-state index contributed by atoms with van der Waals surface area (Å²) < 4.78 is 7.48. The van der Waals surface area contributed by atoms with Gasteiger partial charge in [0.25, 0.3) is 0 Å². The second kappa shape index (κ2) is 6.01. The van der Waals surface area contributed by atoms with E-state index < -0.39 is 0 Å². The Kier molecular flexibility index (Phi) is 3.91. The normalized spacial score (nSPS) is 12.5. The number of para-hydroxylation sites is 1. The monoisotopic (exact) mass is 298 g/mol. The Morgan fingerprint density at radius 3 is 2.95 bits per heavy atom. The molecule has 1 amide bonds. The van der Waals surface area contributed by atoms with Gasteiger partial charge in [-0.25, -0.2) is 4.98 Å². The van der Waals surface area contributed by atoms with Crippen molar-refractivity contribution in [3.05, 3.63) is 48.7 Å². The van der Waals surface area contributed by atoms with Crippen LogP contribution in [0.5, 0.6) is 0 Å². The minimum atomic E-state index is -0.115. The molecule has 2 heterocycles. The molecule has 0 spiro atoms. The maximum Gasteiger partial charge on any atom is 0.224 e. The number of hydrogen-bond acceptors (Lipinski definition) is 4. The smallest absolute Gasteiger partial charge is 0.224 e. The summed E-state index contributed by atoms with van der Waals surface area (Å²) in [6, 6.07) is 9.71. The van der Waals surface area contributed by atoms with Gasteiger partial charge >= 0.3 is 0 Å². The van der Waals surface area contributed by atoms with Crippen LogP contribution in [0.1, 0.15) is 25.1 Å². The van der Waals surface area contributed by atoms with Crippen LogP contribution in [0.3, 0.4) is 0 Å². The molecule has 0 fully saturated rings. The number of carbonyl (C=O) groups excluding carboxylic acids is 1. The number of furan rings is 1. The lowest BCUT2D eigenvalue weighted by molar-refractivity contribution is -0.132. The van der Waals surface area contributed by atoms with Crippen LogP contribution in [0.2, 0.25) is 0 Å². The van der Waals surface area contributed by atoms with Gasteiger partial charge in [-0.15, -0.1) is 0 Å². The van der Waals surface area contributed by atoms with E-state index in [1.54, 1.807) is 23.0 Å². The average molecular weight is 298 g/mol. The Balaban J connectivity index is 1.67. The number of nitrogens with zero attached hydrogens (tertiary/aromatic N) is 4. The molecule has 0 bridgehead atoms. The third kappa shape index (κ3) is 2.86. The maximum absolute atomic E-state index is 12.3. The molecule has 6 nitrogen and oxygen atoms in total. The van der Waals surface area contributed by atoms with Crippen LogP contribution in [0.4, 0.5) is 0 Å². The van der Waals surface area contributed by atoms with Gasteiger partial charge in [0.05, 0.1) is 12.6 Å². The van der Waals surface area contributed by atoms with Gasteiger partial charge < -0.3 is 9.32 Å². The van der Waals surface area contributed by atoms with Crippen molar-refractivity contribution in [2.75, 3.05) is 7.05 Å². The number of hydrogen-bond donors (Lipinski definition) is 0. The molecule has 1 atom stereocenters. The topological polar surface area (TPSA) is 64.2 Å². The summed E-state index contributed by atoms with van der Waals surface area (Å²) in [6.45, 7) is 2.49. The molecule has 2 aromatic heterocycles. The molecule has 0 aliphatic heterocycles. The Labute approximate surface area is 128 Å². The van der Waals surface area contributed by atoms with Gasteiger partial charge in [0, 0.05) is 18.9 Å². The molecular formula is C16H18N4O2. The first-order valence-corrected chi connectivity index (χ1v) is 7.21. The van der Waals surface area contributed by atoms with E-state index in [4.69, 9.17) is 4.42 Å². The molecule has 6 heteroatoms. The van der Waals surface area contributed by atoms with Crippen LogP contribution in [0.15, 0.2) is 47.4 Å². The predicted molar refractivity (Wildman–Crippen MR) is 82.0 cm³/mol. The van der Waals surface area contributed by atoms with Crippen LogP contribution in [-0.2, 0) is 11.3 Å². The lowest BCUT2D eigenvalue weighted by atomic mass is 10.2. The van der Waals surface area contributed by atoms with Gasteiger partial charge in [0.15, 0.2) is 0 Å². The Morgan fingerprint density at radius 2 is 2.23 bits per heavy atom. The summed E-state index contributed by atoms with van der Waals surface area (Å²) in [5.41, 5.74) is 0.841. The molecule has 3 aromatic rings. The molecule has 1 aromatic carbocycles. The van der Waals surface area contributed by atoms with Gasteiger partial charge in [-0.1, -0.05) is 18.2 Å². The van der Waals surface area contributed by atoms with Crippen LogP contribution in [-0.4, -0.2) is 32.6 Å².